The first-order chi connectivity index (χ1) is 5.16. The van der Waals surface area contributed by atoms with Crippen LogP contribution in [0, 0.1) is 5.41 Å². The van der Waals surface area contributed by atoms with Crippen molar-refractivity contribution in [1.29, 1.82) is 5.41 Å². The molecule has 0 aliphatic rings. The van der Waals surface area contributed by atoms with Gasteiger partial charge in [-0.15, -0.1) is 0 Å². The highest BCUT2D eigenvalue weighted by Crippen LogP contribution is 2.21. The number of nitrogens with two attached hydrogens (primary N) is 1. The average Bonchev–Trinajstić information content (AvgIpc) is 2.30. The lowest BCUT2D eigenvalue weighted by atomic mass is 10.0. The molecule has 0 bridgehead atoms. The normalized spacial score (nSPS) is 10.5. The van der Waals surface area contributed by atoms with E-state index in [1.807, 2.05) is 6.20 Å². The highest BCUT2D eigenvalue weighted by atomic mass is 14.8. The van der Waals surface area contributed by atoms with Crippen LogP contribution in [0.4, 0.5) is 5.82 Å². The predicted molar refractivity (Wildman–Crippen MR) is 47.2 cm³/mol. The molecule has 1 heterocycles. The molecule has 0 aliphatic carbocycles. The monoisotopic (exact) mass is 151 g/mol. The van der Waals surface area contributed by atoms with Crippen molar-refractivity contribution < 1.29 is 0 Å². The van der Waals surface area contributed by atoms with Gasteiger partial charge in [0.2, 0.25) is 0 Å². The third-order valence-corrected chi connectivity index (χ3v) is 1.75. The molecular formula is C8H13N3. The molecule has 0 unspecified atom stereocenters. The fraction of sp³-hybridized carbons (Fsp3) is 0.375. The van der Waals surface area contributed by atoms with Crippen LogP contribution in [0.2, 0.25) is 0 Å². The molecule has 3 heteroatoms. The Morgan fingerprint density at radius 2 is 2.27 bits per heavy atom. The molecule has 11 heavy (non-hydrogen) atoms. The Hall–Kier alpha value is -1.25. The summed E-state index contributed by atoms with van der Waals surface area (Å²) in [6, 6.07) is 0. The summed E-state index contributed by atoms with van der Waals surface area (Å²) in [6.45, 7) is 4.16. The number of H-pyrrole nitrogens is 1. The Morgan fingerprint density at radius 1 is 1.64 bits per heavy atom. The number of anilines is 1. The summed E-state index contributed by atoms with van der Waals surface area (Å²) in [7, 11) is 0. The Morgan fingerprint density at radius 3 is 2.64 bits per heavy atom. The summed E-state index contributed by atoms with van der Waals surface area (Å²) in [5.74, 6) is 1.00. The van der Waals surface area contributed by atoms with E-state index in [9.17, 15) is 0 Å². The molecule has 60 valence electrons. The van der Waals surface area contributed by atoms with E-state index in [0.29, 0.717) is 11.7 Å². The molecule has 0 saturated carbocycles. The lowest BCUT2D eigenvalue weighted by Gasteiger charge is -2.01. The van der Waals surface area contributed by atoms with Crippen LogP contribution in [0.3, 0.4) is 0 Å². The molecule has 0 fully saturated rings. The van der Waals surface area contributed by atoms with E-state index in [1.54, 1.807) is 0 Å². The maximum absolute atomic E-state index is 7.11. The van der Waals surface area contributed by atoms with Crippen molar-refractivity contribution >= 4 is 12.0 Å². The molecule has 1 rings (SSSR count). The van der Waals surface area contributed by atoms with Crippen molar-refractivity contribution in [1.82, 2.24) is 4.98 Å². The van der Waals surface area contributed by atoms with Gasteiger partial charge in [-0.25, -0.2) is 0 Å². The van der Waals surface area contributed by atoms with E-state index >= 15 is 0 Å². The van der Waals surface area contributed by atoms with Crippen LogP contribution in [0.15, 0.2) is 6.20 Å². The molecule has 0 saturated heterocycles. The topological polar surface area (TPSA) is 65.7 Å². The van der Waals surface area contributed by atoms with E-state index in [1.165, 1.54) is 6.21 Å². The van der Waals surface area contributed by atoms with Gasteiger partial charge in [-0.2, -0.15) is 0 Å². The first-order valence-corrected chi connectivity index (χ1v) is 3.64. The molecule has 0 spiro atoms. The maximum Gasteiger partial charge on any atom is 0.109 e. The Labute approximate surface area is 66.1 Å². The van der Waals surface area contributed by atoms with Gasteiger partial charge in [0.05, 0.1) is 0 Å². The standard InChI is InChI=1S/C8H13N3/c1-5(2)7-4-11-8(10)6(7)3-9/h3-5,9,11H,10H2,1-2H3. The summed E-state index contributed by atoms with van der Waals surface area (Å²) >= 11 is 0. The summed E-state index contributed by atoms with van der Waals surface area (Å²) in [5.41, 5.74) is 7.51. The number of hydrogen-bond acceptors (Lipinski definition) is 2. The van der Waals surface area contributed by atoms with Crippen LogP contribution in [0.1, 0.15) is 30.9 Å². The molecule has 1 aromatic rings. The van der Waals surface area contributed by atoms with Crippen molar-refractivity contribution in [3.05, 3.63) is 17.3 Å². The number of hydrogen-bond donors (Lipinski definition) is 3. The van der Waals surface area contributed by atoms with Gasteiger partial charge in [0, 0.05) is 18.0 Å². The second-order valence-corrected chi connectivity index (χ2v) is 2.87. The molecule has 4 N–H and O–H groups in total. The molecule has 0 amide bonds. The average molecular weight is 151 g/mol. The number of aromatic amines is 1. The first kappa shape index (κ1) is 7.85. The number of nitrogen functional groups attached to an aromatic ring is 1. The summed E-state index contributed by atoms with van der Waals surface area (Å²) < 4.78 is 0. The van der Waals surface area contributed by atoms with Gasteiger partial charge in [-0.05, 0) is 11.5 Å². The van der Waals surface area contributed by atoms with Crippen LogP contribution in [0.5, 0.6) is 0 Å². The second kappa shape index (κ2) is 2.78. The molecule has 3 nitrogen and oxygen atoms in total. The van der Waals surface area contributed by atoms with Crippen molar-refractivity contribution in [3.63, 3.8) is 0 Å². The van der Waals surface area contributed by atoms with E-state index in [2.05, 4.69) is 18.8 Å². The van der Waals surface area contributed by atoms with Gasteiger partial charge in [0.15, 0.2) is 0 Å². The third kappa shape index (κ3) is 1.27. The smallest absolute Gasteiger partial charge is 0.109 e. The summed E-state index contributed by atoms with van der Waals surface area (Å²) in [4.78, 5) is 2.90. The summed E-state index contributed by atoms with van der Waals surface area (Å²) in [6.07, 6.45) is 3.15. The minimum Gasteiger partial charge on any atom is -0.385 e. The van der Waals surface area contributed by atoms with Crippen LogP contribution < -0.4 is 5.73 Å². The van der Waals surface area contributed by atoms with E-state index in [0.717, 1.165) is 11.1 Å². The van der Waals surface area contributed by atoms with Gasteiger partial charge < -0.3 is 16.1 Å². The van der Waals surface area contributed by atoms with E-state index in [-0.39, 0.29) is 0 Å². The molecular weight excluding hydrogens is 138 g/mol. The largest absolute Gasteiger partial charge is 0.385 e. The third-order valence-electron chi connectivity index (χ3n) is 1.75. The number of aromatic nitrogens is 1. The first-order valence-electron chi connectivity index (χ1n) is 3.64. The minimum atomic E-state index is 0.417. The number of nitrogens with one attached hydrogen (secondary N) is 2. The van der Waals surface area contributed by atoms with Crippen molar-refractivity contribution in [3.8, 4) is 0 Å². The zero-order valence-corrected chi connectivity index (χ0v) is 6.81. The lowest BCUT2D eigenvalue weighted by Crippen LogP contribution is -1.94. The van der Waals surface area contributed by atoms with Crippen molar-refractivity contribution in [2.45, 2.75) is 19.8 Å². The highest BCUT2D eigenvalue weighted by Gasteiger charge is 2.08. The second-order valence-electron chi connectivity index (χ2n) is 2.87. The van der Waals surface area contributed by atoms with Crippen LogP contribution in [0.25, 0.3) is 0 Å². The molecule has 0 radical (unpaired) electrons. The van der Waals surface area contributed by atoms with Gasteiger partial charge in [0.1, 0.15) is 5.82 Å². The van der Waals surface area contributed by atoms with Crippen molar-refractivity contribution in [2.24, 2.45) is 0 Å². The molecule has 1 aromatic heterocycles. The number of rotatable bonds is 2. The zero-order chi connectivity index (χ0) is 8.43. The predicted octanol–water partition coefficient (Wildman–Crippen LogP) is 1.72. The Bertz CT molecular complexity index is 260. The quantitative estimate of drug-likeness (QED) is 0.553. The zero-order valence-electron chi connectivity index (χ0n) is 6.81. The maximum atomic E-state index is 7.11. The van der Waals surface area contributed by atoms with Gasteiger partial charge in [0.25, 0.3) is 0 Å². The summed E-state index contributed by atoms with van der Waals surface area (Å²) in [5, 5.41) is 7.11. The van der Waals surface area contributed by atoms with Gasteiger partial charge >= 0.3 is 0 Å². The van der Waals surface area contributed by atoms with Gasteiger partial charge in [-0.3, -0.25) is 0 Å². The fourth-order valence-corrected chi connectivity index (χ4v) is 1.11. The van der Waals surface area contributed by atoms with Crippen molar-refractivity contribution in [2.75, 3.05) is 5.73 Å². The minimum absolute atomic E-state index is 0.417. The molecule has 0 aromatic carbocycles. The highest BCUT2D eigenvalue weighted by molar-refractivity contribution is 5.86. The van der Waals surface area contributed by atoms with Crippen LogP contribution >= 0.6 is 0 Å². The molecule has 0 atom stereocenters. The Kier molecular flexibility index (Phi) is 1.98. The van der Waals surface area contributed by atoms with E-state index < -0.39 is 0 Å². The van der Waals surface area contributed by atoms with Crippen LogP contribution in [-0.2, 0) is 0 Å². The lowest BCUT2D eigenvalue weighted by molar-refractivity contribution is 0.867. The fourth-order valence-electron chi connectivity index (χ4n) is 1.11. The van der Waals surface area contributed by atoms with Gasteiger partial charge in [-0.1, -0.05) is 13.8 Å². The van der Waals surface area contributed by atoms with E-state index in [4.69, 9.17) is 11.1 Å². The SMILES string of the molecule is CC(C)c1c[nH]c(N)c1C=N. The Balaban J connectivity index is 3.15. The van der Waals surface area contributed by atoms with Crippen LogP contribution in [-0.4, -0.2) is 11.2 Å². The molecule has 0 aliphatic heterocycles.